The van der Waals surface area contributed by atoms with Gasteiger partial charge >= 0.3 is 0 Å². The number of piperidine rings is 2. The molecule has 1 N–H and O–H groups in total. The molecule has 0 aromatic heterocycles. The molecule has 138 valence electrons. The van der Waals surface area contributed by atoms with E-state index in [4.69, 9.17) is 0 Å². The van der Waals surface area contributed by atoms with Gasteiger partial charge in [0.25, 0.3) is 0 Å². The molecule has 2 aliphatic rings. The Morgan fingerprint density at radius 1 is 1.16 bits per heavy atom. The molecule has 4 heteroatoms. The maximum Gasteiger partial charge on any atom is 0.193 e. The summed E-state index contributed by atoms with van der Waals surface area (Å²) < 4.78 is 0. The van der Waals surface area contributed by atoms with Crippen LogP contribution >= 0.6 is 0 Å². The van der Waals surface area contributed by atoms with Gasteiger partial charge in [0.15, 0.2) is 5.96 Å². The molecular weight excluding hydrogens is 308 g/mol. The minimum absolute atomic E-state index is 0.649. The Balaban J connectivity index is 1.53. The van der Waals surface area contributed by atoms with Crippen molar-refractivity contribution < 1.29 is 0 Å². The second-order valence-corrected chi connectivity index (χ2v) is 7.93. The molecule has 0 amide bonds. The number of nitrogens with zero attached hydrogens (tertiary/aromatic N) is 3. The Hall–Kier alpha value is -1.55. The zero-order valence-corrected chi connectivity index (χ0v) is 16.1. The van der Waals surface area contributed by atoms with E-state index >= 15 is 0 Å². The average molecular weight is 343 g/mol. The molecule has 0 spiro atoms. The van der Waals surface area contributed by atoms with Crippen LogP contribution in [-0.2, 0) is 0 Å². The number of nitrogens with one attached hydrogen (secondary N) is 1. The molecule has 3 rings (SSSR count). The molecular formula is C21H34N4. The van der Waals surface area contributed by atoms with Crippen LogP contribution in [0.4, 0.5) is 0 Å². The summed E-state index contributed by atoms with van der Waals surface area (Å²) in [6, 6.07) is 11.0. The fraction of sp³-hybridized carbons (Fsp3) is 0.667. The van der Waals surface area contributed by atoms with Crippen LogP contribution < -0.4 is 5.32 Å². The van der Waals surface area contributed by atoms with Crippen LogP contribution in [0.25, 0.3) is 0 Å². The molecule has 2 aliphatic heterocycles. The van der Waals surface area contributed by atoms with Gasteiger partial charge in [-0.1, -0.05) is 37.3 Å². The maximum atomic E-state index is 4.57. The van der Waals surface area contributed by atoms with E-state index in [-0.39, 0.29) is 0 Å². The highest BCUT2D eigenvalue weighted by Gasteiger charge is 2.29. The number of benzene rings is 1. The molecule has 2 saturated heterocycles. The molecule has 2 fully saturated rings. The number of guanidine groups is 1. The minimum Gasteiger partial charge on any atom is -0.356 e. The van der Waals surface area contributed by atoms with Crippen molar-refractivity contribution in [3.8, 4) is 0 Å². The third-order valence-electron chi connectivity index (χ3n) is 5.92. The lowest BCUT2D eigenvalue weighted by Gasteiger charge is -2.39. The third kappa shape index (κ3) is 4.75. The van der Waals surface area contributed by atoms with Crippen molar-refractivity contribution in [3.05, 3.63) is 35.9 Å². The van der Waals surface area contributed by atoms with Crippen molar-refractivity contribution in [1.82, 2.24) is 15.1 Å². The lowest BCUT2D eigenvalue weighted by Crippen LogP contribution is -2.49. The van der Waals surface area contributed by atoms with Gasteiger partial charge in [-0.2, -0.15) is 0 Å². The molecule has 4 nitrogen and oxygen atoms in total. The Labute approximate surface area is 153 Å². The standard InChI is InChI=1S/C21H34N4/c1-17-15-25(13-11-20(17)19-9-5-4-6-10-19)21(22-2)23-14-18-8-7-12-24(3)16-18/h4-6,9-10,17-18,20H,7-8,11-16H2,1-3H3,(H,22,23). The summed E-state index contributed by atoms with van der Waals surface area (Å²) in [5.74, 6) is 3.15. The average Bonchev–Trinajstić information content (AvgIpc) is 2.63. The van der Waals surface area contributed by atoms with E-state index in [9.17, 15) is 0 Å². The van der Waals surface area contributed by atoms with E-state index in [2.05, 4.69) is 64.4 Å². The fourth-order valence-electron chi connectivity index (χ4n) is 4.54. The van der Waals surface area contributed by atoms with Crippen LogP contribution in [-0.4, -0.2) is 62.6 Å². The smallest absolute Gasteiger partial charge is 0.193 e. The normalized spacial score (nSPS) is 28.8. The molecule has 1 aromatic rings. The molecule has 3 atom stereocenters. The highest BCUT2D eigenvalue weighted by atomic mass is 15.3. The summed E-state index contributed by atoms with van der Waals surface area (Å²) >= 11 is 0. The van der Waals surface area contributed by atoms with Gasteiger partial charge in [0, 0.05) is 33.2 Å². The molecule has 3 unspecified atom stereocenters. The predicted octanol–water partition coefficient (Wildman–Crippen LogP) is 3.03. The van der Waals surface area contributed by atoms with Gasteiger partial charge in [-0.3, -0.25) is 4.99 Å². The number of aliphatic imine (C=N–C) groups is 1. The van der Waals surface area contributed by atoms with Crippen LogP contribution in [0.3, 0.4) is 0 Å². The quantitative estimate of drug-likeness (QED) is 0.677. The van der Waals surface area contributed by atoms with Gasteiger partial charge in [0.1, 0.15) is 0 Å². The van der Waals surface area contributed by atoms with E-state index in [1.54, 1.807) is 0 Å². The first-order valence-electron chi connectivity index (χ1n) is 9.86. The van der Waals surface area contributed by atoms with Crippen molar-refractivity contribution in [3.63, 3.8) is 0 Å². The van der Waals surface area contributed by atoms with Crippen molar-refractivity contribution in [1.29, 1.82) is 0 Å². The molecule has 2 heterocycles. The number of hydrogen-bond donors (Lipinski definition) is 1. The van der Waals surface area contributed by atoms with Crippen LogP contribution in [0, 0.1) is 11.8 Å². The van der Waals surface area contributed by atoms with Gasteiger partial charge in [-0.05, 0) is 56.2 Å². The van der Waals surface area contributed by atoms with Crippen molar-refractivity contribution in [2.75, 3.05) is 46.8 Å². The Morgan fingerprint density at radius 2 is 1.96 bits per heavy atom. The third-order valence-corrected chi connectivity index (χ3v) is 5.92. The van der Waals surface area contributed by atoms with Crippen LogP contribution in [0.2, 0.25) is 0 Å². The van der Waals surface area contributed by atoms with E-state index < -0.39 is 0 Å². The first-order valence-corrected chi connectivity index (χ1v) is 9.86. The van der Waals surface area contributed by atoms with E-state index in [0.29, 0.717) is 11.8 Å². The van der Waals surface area contributed by atoms with Gasteiger partial charge in [-0.25, -0.2) is 0 Å². The fourth-order valence-corrected chi connectivity index (χ4v) is 4.54. The van der Waals surface area contributed by atoms with Crippen LogP contribution in [0.15, 0.2) is 35.3 Å². The summed E-state index contributed by atoms with van der Waals surface area (Å²) in [7, 11) is 4.15. The number of hydrogen-bond acceptors (Lipinski definition) is 2. The first-order chi connectivity index (χ1) is 12.2. The summed E-state index contributed by atoms with van der Waals surface area (Å²) in [6.45, 7) is 8.06. The van der Waals surface area contributed by atoms with Gasteiger partial charge < -0.3 is 15.1 Å². The van der Waals surface area contributed by atoms with Crippen LogP contribution in [0.5, 0.6) is 0 Å². The summed E-state index contributed by atoms with van der Waals surface area (Å²) in [5.41, 5.74) is 1.49. The van der Waals surface area contributed by atoms with Gasteiger partial charge in [0.2, 0.25) is 0 Å². The van der Waals surface area contributed by atoms with E-state index in [1.165, 1.54) is 37.9 Å². The molecule has 25 heavy (non-hydrogen) atoms. The molecule has 0 bridgehead atoms. The van der Waals surface area contributed by atoms with Crippen molar-refractivity contribution in [2.45, 2.75) is 32.1 Å². The van der Waals surface area contributed by atoms with Gasteiger partial charge in [-0.15, -0.1) is 0 Å². The topological polar surface area (TPSA) is 30.9 Å². The lowest BCUT2D eigenvalue weighted by atomic mass is 9.82. The second kappa shape index (κ2) is 8.70. The molecule has 1 aromatic carbocycles. The Kier molecular flexibility index (Phi) is 6.35. The van der Waals surface area contributed by atoms with Crippen molar-refractivity contribution in [2.24, 2.45) is 16.8 Å². The van der Waals surface area contributed by atoms with Crippen molar-refractivity contribution >= 4 is 5.96 Å². The summed E-state index contributed by atoms with van der Waals surface area (Å²) in [6.07, 6.45) is 3.86. The lowest BCUT2D eigenvalue weighted by molar-refractivity contribution is 0.205. The first kappa shape index (κ1) is 18.2. The summed E-state index contributed by atoms with van der Waals surface area (Å²) in [5, 5.41) is 3.65. The van der Waals surface area contributed by atoms with Gasteiger partial charge in [0.05, 0.1) is 0 Å². The highest BCUT2D eigenvalue weighted by Crippen LogP contribution is 2.32. The zero-order valence-electron chi connectivity index (χ0n) is 16.1. The Morgan fingerprint density at radius 3 is 2.64 bits per heavy atom. The highest BCUT2D eigenvalue weighted by molar-refractivity contribution is 5.80. The maximum absolute atomic E-state index is 4.57. The molecule has 0 radical (unpaired) electrons. The van der Waals surface area contributed by atoms with Crippen LogP contribution in [0.1, 0.15) is 37.7 Å². The molecule has 0 saturated carbocycles. The predicted molar refractivity (Wildman–Crippen MR) is 106 cm³/mol. The largest absolute Gasteiger partial charge is 0.356 e. The SMILES string of the molecule is CN=C(NCC1CCCN(C)C1)N1CCC(c2ccccc2)C(C)C1. The Bertz CT molecular complexity index is 556. The number of rotatable bonds is 3. The zero-order chi connectivity index (χ0) is 17.6. The monoisotopic (exact) mass is 342 g/mol. The minimum atomic E-state index is 0.649. The summed E-state index contributed by atoms with van der Waals surface area (Å²) in [4.78, 5) is 9.47. The second-order valence-electron chi connectivity index (χ2n) is 7.93. The number of likely N-dealkylation sites (tertiary alicyclic amines) is 2. The molecule has 0 aliphatic carbocycles. The van der Waals surface area contributed by atoms with E-state index in [1.807, 2.05) is 7.05 Å². The van der Waals surface area contributed by atoms with E-state index in [0.717, 1.165) is 31.5 Å².